The van der Waals surface area contributed by atoms with Crippen LogP contribution in [0.15, 0.2) is 59.5 Å². The van der Waals surface area contributed by atoms with E-state index in [1.165, 1.54) is 42.4 Å². The van der Waals surface area contributed by atoms with E-state index in [0.29, 0.717) is 17.0 Å². The molecule has 0 spiro atoms. The fraction of sp³-hybridized carbons (Fsp3) is 0.273. The number of carbonyl (C=O) groups excluding carboxylic acids is 1. The van der Waals surface area contributed by atoms with E-state index in [0.717, 1.165) is 9.87 Å². The van der Waals surface area contributed by atoms with Gasteiger partial charge in [-0.3, -0.25) is 9.59 Å². The first-order valence-electron chi connectivity index (χ1n) is 9.61. The number of carboxylic acids is 1. The number of allylic oxidation sites excluding steroid dienone is 1. The summed E-state index contributed by atoms with van der Waals surface area (Å²) in [6.07, 6.45) is 2.89. The lowest BCUT2D eigenvalue weighted by Crippen LogP contribution is -2.50. The summed E-state index contributed by atoms with van der Waals surface area (Å²) in [5, 5.41) is 9.91. The number of aliphatic carboxylic acids is 1. The minimum atomic E-state index is -4.18. The predicted octanol–water partition coefficient (Wildman–Crippen LogP) is 2.57. The van der Waals surface area contributed by atoms with Crippen LogP contribution in [0, 0.1) is 6.92 Å². The molecule has 0 aromatic heterocycles. The lowest BCUT2D eigenvalue weighted by atomic mass is 10.1. The number of carbonyl (C=O) groups is 2. The van der Waals surface area contributed by atoms with Crippen molar-refractivity contribution in [1.82, 2.24) is 4.31 Å². The molecule has 1 unspecified atom stereocenters. The molecule has 31 heavy (non-hydrogen) atoms. The Morgan fingerprint density at radius 1 is 1.16 bits per heavy atom. The van der Waals surface area contributed by atoms with E-state index in [1.807, 2.05) is 6.92 Å². The molecule has 0 fully saturated rings. The lowest BCUT2D eigenvalue weighted by Gasteiger charge is -2.28. The van der Waals surface area contributed by atoms with E-state index < -0.39 is 27.9 Å². The van der Waals surface area contributed by atoms with Crippen molar-refractivity contribution in [1.29, 1.82) is 0 Å². The number of aryl methyl sites for hydroxylation is 1. The highest BCUT2D eigenvalue weighted by Crippen LogP contribution is 2.32. The van der Waals surface area contributed by atoms with Gasteiger partial charge in [0.2, 0.25) is 10.0 Å². The van der Waals surface area contributed by atoms with E-state index in [1.54, 1.807) is 31.2 Å². The number of ether oxygens (including phenoxy) is 1. The first-order chi connectivity index (χ1) is 14.7. The Hall–Kier alpha value is -3.17. The SMILES string of the molecule is CC=CC(=O)N1CC(C(=O)O)N(S(=O)(=O)c2ccc(OC)cc2)Cc2cc(C)ccc21. The van der Waals surface area contributed by atoms with Gasteiger partial charge in [0.1, 0.15) is 11.8 Å². The Kier molecular flexibility index (Phi) is 6.47. The molecule has 3 rings (SSSR count). The molecular weight excluding hydrogens is 420 g/mol. The molecule has 1 N–H and O–H groups in total. The van der Waals surface area contributed by atoms with Crippen molar-refractivity contribution < 1.29 is 27.9 Å². The largest absolute Gasteiger partial charge is 0.497 e. The number of hydrogen-bond acceptors (Lipinski definition) is 5. The van der Waals surface area contributed by atoms with Gasteiger partial charge < -0.3 is 14.7 Å². The predicted molar refractivity (Wildman–Crippen MR) is 115 cm³/mol. The standard InChI is InChI=1S/C22H24N2O6S/c1-4-5-21(25)23-14-20(22(26)27)24(13-16-12-15(2)6-11-19(16)23)31(28,29)18-9-7-17(30-3)8-10-18/h4-12,20H,13-14H2,1-3H3,(H,26,27). The second kappa shape index (κ2) is 8.91. The minimum absolute atomic E-state index is 0.0537. The van der Waals surface area contributed by atoms with Crippen LogP contribution >= 0.6 is 0 Å². The number of hydrogen-bond donors (Lipinski definition) is 1. The van der Waals surface area contributed by atoms with Gasteiger partial charge in [-0.1, -0.05) is 23.8 Å². The van der Waals surface area contributed by atoms with Crippen molar-refractivity contribution in [2.45, 2.75) is 31.3 Å². The van der Waals surface area contributed by atoms with Crippen LogP contribution in [0.3, 0.4) is 0 Å². The highest BCUT2D eigenvalue weighted by Gasteiger charge is 2.41. The zero-order valence-electron chi connectivity index (χ0n) is 17.5. The molecule has 2 aromatic rings. The number of carboxylic acid groups (broad SMARTS) is 1. The van der Waals surface area contributed by atoms with Gasteiger partial charge in [-0.2, -0.15) is 4.31 Å². The Morgan fingerprint density at radius 3 is 2.42 bits per heavy atom. The minimum Gasteiger partial charge on any atom is -0.497 e. The smallest absolute Gasteiger partial charge is 0.323 e. The Morgan fingerprint density at radius 2 is 1.84 bits per heavy atom. The van der Waals surface area contributed by atoms with Crippen LogP contribution in [-0.2, 0) is 26.2 Å². The van der Waals surface area contributed by atoms with Crippen molar-refractivity contribution in [2.24, 2.45) is 0 Å². The fourth-order valence-electron chi connectivity index (χ4n) is 3.52. The highest BCUT2D eigenvalue weighted by molar-refractivity contribution is 7.89. The molecule has 1 aliphatic rings. The fourth-order valence-corrected chi connectivity index (χ4v) is 5.07. The number of rotatable bonds is 5. The molecule has 0 saturated carbocycles. The van der Waals surface area contributed by atoms with Crippen LogP contribution in [0.1, 0.15) is 18.1 Å². The number of amides is 1. The average molecular weight is 445 g/mol. The maximum atomic E-state index is 13.5. The normalized spacial score (nSPS) is 17.3. The molecule has 164 valence electrons. The molecule has 0 aliphatic carbocycles. The summed E-state index contributed by atoms with van der Waals surface area (Å²) in [6.45, 7) is 3.03. The maximum absolute atomic E-state index is 13.5. The molecule has 1 amide bonds. The number of sulfonamides is 1. The van der Waals surface area contributed by atoms with Gasteiger partial charge in [0.25, 0.3) is 5.91 Å². The van der Waals surface area contributed by atoms with E-state index in [-0.39, 0.29) is 18.0 Å². The van der Waals surface area contributed by atoms with E-state index in [9.17, 15) is 23.1 Å². The lowest BCUT2D eigenvalue weighted by molar-refractivity contribution is -0.141. The number of nitrogens with zero attached hydrogens (tertiary/aromatic N) is 2. The summed E-state index contributed by atoms with van der Waals surface area (Å²) < 4.78 is 32.9. The molecule has 0 saturated heterocycles. The Labute approximate surface area is 181 Å². The van der Waals surface area contributed by atoms with Gasteiger partial charge in [-0.25, -0.2) is 8.42 Å². The molecule has 8 nitrogen and oxygen atoms in total. The van der Waals surface area contributed by atoms with Crippen LogP contribution in [-0.4, -0.2) is 49.4 Å². The molecule has 0 bridgehead atoms. The zero-order chi connectivity index (χ0) is 22.8. The van der Waals surface area contributed by atoms with E-state index in [4.69, 9.17) is 4.74 Å². The third kappa shape index (κ3) is 4.47. The summed E-state index contributed by atoms with van der Waals surface area (Å²) in [5.74, 6) is -1.27. The van der Waals surface area contributed by atoms with Crippen LogP contribution in [0.4, 0.5) is 5.69 Å². The van der Waals surface area contributed by atoms with Gasteiger partial charge in [0.15, 0.2) is 0 Å². The average Bonchev–Trinajstić information content (AvgIpc) is 2.91. The summed E-state index contributed by atoms with van der Waals surface area (Å²) in [6, 6.07) is 9.57. The summed E-state index contributed by atoms with van der Waals surface area (Å²) in [5.41, 5.74) is 1.92. The van der Waals surface area contributed by atoms with E-state index >= 15 is 0 Å². The van der Waals surface area contributed by atoms with Gasteiger partial charge >= 0.3 is 5.97 Å². The first kappa shape index (κ1) is 22.5. The highest BCUT2D eigenvalue weighted by atomic mass is 32.2. The maximum Gasteiger partial charge on any atom is 0.323 e. The van der Waals surface area contributed by atoms with Gasteiger partial charge in [-0.15, -0.1) is 0 Å². The first-order valence-corrected chi connectivity index (χ1v) is 11.1. The Bertz CT molecular complexity index is 1130. The molecule has 1 heterocycles. The van der Waals surface area contributed by atoms with Crippen molar-refractivity contribution >= 4 is 27.6 Å². The monoisotopic (exact) mass is 444 g/mol. The summed E-state index contributed by atoms with van der Waals surface area (Å²) in [4.78, 5) is 26.1. The van der Waals surface area contributed by atoms with Crippen LogP contribution < -0.4 is 9.64 Å². The third-order valence-electron chi connectivity index (χ3n) is 5.08. The number of anilines is 1. The molecule has 2 aromatic carbocycles. The molecule has 1 aliphatic heterocycles. The van der Waals surface area contributed by atoms with Crippen LogP contribution in [0.2, 0.25) is 0 Å². The van der Waals surface area contributed by atoms with Crippen molar-refractivity contribution in [3.8, 4) is 5.75 Å². The quantitative estimate of drug-likeness (QED) is 0.711. The Balaban J connectivity index is 2.15. The second-order valence-corrected chi connectivity index (χ2v) is 9.05. The summed E-state index contributed by atoms with van der Waals surface area (Å²) in [7, 11) is -2.71. The number of benzene rings is 2. The van der Waals surface area contributed by atoms with Crippen molar-refractivity contribution in [3.05, 3.63) is 65.7 Å². The van der Waals surface area contributed by atoms with Gasteiger partial charge in [0, 0.05) is 12.2 Å². The van der Waals surface area contributed by atoms with Crippen molar-refractivity contribution in [2.75, 3.05) is 18.6 Å². The number of fused-ring (bicyclic) bond motifs is 1. The molecule has 0 radical (unpaired) electrons. The molecular formula is C22H24N2O6S. The van der Waals surface area contributed by atoms with Crippen molar-refractivity contribution in [3.63, 3.8) is 0 Å². The zero-order valence-corrected chi connectivity index (χ0v) is 18.3. The van der Waals surface area contributed by atoms with Crippen LogP contribution in [0.5, 0.6) is 5.75 Å². The second-order valence-electron chi connectivity index (χ2n) is 7.16. The molecule has 1 atom stereocenters. The van der Waals surface area contributed by atoms with Crippen LogP contribution in [0.25, 0.3) is 0 Å². The third-order valence-corrected chi connectivity index (χ3v) is 6.95. The number of methoxy groups -OCH3 is 1. The molecule has 9 heteroatoms. The van der Waals surface area contributed by atoms with Gasteiger partial charge in [-0.05, 0) is 55.8 Å². The topological polar surface area (TPSA) is 104 Å². The summed E-state index contributed by atoms with van der Waals surface area (Å²) >= 11 is 0. The van der Waals surface area contributed by atoms with Gasteiger partial charge in [0.05, 0.1) is 18.6 Å². The van der Waals surface area contributed by atoms with E-state index in [2.05, 4.69) is 0 Å².